The molecule has 0 radical (unpaired) electrons. The summed E-state index contributed by atoms with van der Waals surface area (Å²) < 4.78 is 115. The van der Waals surface area contributed by atoms with Crippen molar-refractivity contribution in [2.45, 2.75) is 38.2 Å². The average molecular weight is 200 g/mol. The van der Waals surface area contributed by atoms with Gasteiger partial charge in [-0.25, -0.2) is 0 Å². The van der Waals surface area contributed by atoms with Gasteiger partial charge < -0.3 is 0 Å². The number of fused-ring (bicyclic) bond motifs is 2. The molecule has 0 aromatic heterocycles. The van der Waals surface area contributed by atoms with Crippen molar-refractivity contribution in [1.29, 1.82) is 0 Å². The van der Waals surface area contributed by atoms with Gasteiger partial charge in [0.1, 0.15) is 0 Å². The van der Waals surface area contributed by atoms with E-state index in [1.807, 2.05) is 0 Å². The van der Waals surface area contributed by atoms with Crippen LogP contribution in [0, 0.1) is 11.8 Å². The summed E-state index contributed by atoms with van der Waals surface area (Å²) in [5, 5.41) is 0. The van der Waals surface area contributed by atoms with Gasteiger partial charge >= 0.3 is 0 Å². The second-order valence-corrected chi connectivity index (χ2v) is 3.06. The first-order valence-electron chi connectivity index (χ1n) is 11.3. The monoisotopic (exact) mass is 200 g/mol. The highest BCUT2D eigenvalue weighted by Crippen LogP contribution is 2.42. The molecule has 0 amide bonds. The molecule has 0 aliphatic heterocycles. The molecule has 0 bridgehead atoms. The van der Waals surface area contributed by atoms with Gasteiger partial charge in [-0.2, -0.15) is 0 Å². The Kier molecular flexibility index (Phi) is 0.564. The zero-order valence-corrected chi connectivity index (χ0v) is 7.31. The summed E-state index contributed by atoms with van der Waals surface area (Å²) in [6.45, 7) is 0. The van der Waals surface area contributed by atoms with Crippen molar-refractivity contribution in [2.24, 2.45) is 11.8 Å². The molecule has 3 rings (SSSR count). The lowest BCUT2D eigenvalue weighted by Crippen LogP contribution is -2.21. The SMILES string of the molecule is [2H]C1([2H])C=CC=C2C=C3C([2H])([2H])C([2H])([2H])C([2H])([2H])C([2H])([2H])C3([2H])C([2H])([2H])C21[2H]. The summed E-state index contributed by atoms with van der Waals surface area (Å²) in [5.74, 6) is -6.31. The van der Waals surface area contributed by atoms with Gasteiger partial charge in [-0.05, 0) is 49.2 Å². The average Bonchev–Trinajstić information content (AvgIpc) is 2.52. The van der Waals surface area contributed by atoms with Crippen molar-refractivity contribution >= 4 is 0 Å². The summed E-state index contributed by atoms with van der Waals surface area (Å²) in [7, 11) is 0. The van der Waals surface area contributed by atoms with E-state index in [4.69, 9.17) is 19.2 Å². The maximum Gasteiger partial charge on any atom is 0.0356 e. The fraction of sp³-hybridized carbons (Fsp3) is 0.571. The summed E-state index contributed by atoms with van der Waals surface area (Å²) in [6.07, 6.45) is -16.3. The van der Waals surface area contributed by atoms with Crippen LogP contribution in [-0.4, -0.2) is 0 Å². The maximum atomic E-state index is 8.69. The van der Waals surface area contributed by atoms with E-state index in [0.717, 1.165) is 18.2 Å². The Hall–Kier alpha value is -0.780. The quantitative estimate of drug-likeness (QED) is 0.554. The summed E-state index contributed by atoms with van der Waals surface area (Å²) in [5.41, 5.74) is -1.36. The van der Waals surface area contributed by atoms with Crippen LogP contribution in [-0.2, 0) is 0 Å². The minimum absolute atomic E-state index is 0.374. The van der Waals surface area contributed by atoms with E-state index in [2.05, 4.69) is 0 Å². The van der Waals surface area contributed by atoms with Gasteiger partial charge in [0.25, 0.3) is 0 Å². The lowest BCUT2D eigenvalue weighted by molar-refractivity contribution is 0.363. The highest BCUT2D eigenvalue weighted by Gasteiger charge is 2.28. The normalized spacial score (nSPS) is 82.3. The van der Waals surface area contributed by atoms with Crippen LogP contribution in [0.25, 0.3) is 0 Å². The van der Waals surface area contributed by atoms with Crippen LogP contribution < -0.4 is 0 Å². The predicted octanol–water partition coefficient (Wildman–Crippen LogP) is 4.01. The fourth-order valence-electron chi connectivity index (χ4n) is 1.49. The molecule has 0 saturated heterocycles. The highest BCUT2D eigenvalue weighted by atomic mass is 14.3. The van der Waals surface area contributed by atoms with E-state index in [1.54, 1.807) is 0 Å². The molecule has 1 saturated carbocycles. The number of hydrogen-bond donors (Lipinski definition) is 0. The molecule has 0 aromatic carbocycles. The standard InChI is InChI=1S/C14H18/c1-2-6-12-10-14-8-4-3-7-13(14)9-11(12)5-1/h1-2,5,9,12,14H,3-4,6-8,10H2/i3D2,4D2,6D2,7D2,8D2,10D2,12D,14D. The van der Waals surface area contributed by atoms with Gasteiger partial charge in [0, 0.05) is 19.2 Å². The number of allylic oxidation sites excluding steroid dienone is 6. The van der Waals surface area contributed by atoms with Crippen molar-refractivity contribution < 1.29 is 19.2 Å². The highest BCUT2D eigenvalue weighted by molar-refractivity contribution is 5.37. The van der Waals surface area contributed by atoms with E-state index in [1.165, 1.54) is 6.08 Å². The Morgan fingerprint density at radius 2 is 2.36 bits per heavy atom. The Labute approximate surface area is 106 Å². The van der Waals surface area contributed by atoms with Crippen LogP contribution >= 0.6 is 0 Å². The summed E-state index contributed by atoms with van der Waals surface area (Å²) >= 11 is 0. The van der Waals surface area contributed by atoms with Gasteiger partial charge in [0.15, 0.2) is 0 Å². The smallest absolute Gasteiger partial charge is 0.0356 e. The third-order valence-electron chi connectivity index (χ3n) is 2.15. The first-order valence-corrected chi connectivity index (χ1v) is 4.32. The molecule has 74 valence electrons. The lowest BCUT2D eigenvalue weighted by atomic mass is 9.70. The van der Waals surface area contributed by atoms with Crippen LogP contribution in [0.15, 0.2) is 35.5 Å². The van der Waals surface area contributed by atoms with Crippen molar-refractivity contribution in [1.82, 2.24) is 0 Å². The second-order valence-electron chi connectivity index (χ2n) is 3.06. The zero-order valence-electron chi connectivity index (χ0n) is 21.3. The Morgan fingerprint density at radius 3 is 3.36 bits per heavy atom. The molecule has 0 aromatic rings. The minimum Gasteiger partial charge on any atom is -0.0839 e. The van der Waals surface area contributed by atoms with Crippen molar-refractivity contribution in [3.05, 3.63) is 35.5 Å². The molecule has 14 heavy (non-hydrogen) atoms. The first kappa shape index (κ1) is 2.31. The van der Waals surface area contributed by atoms with Gasteiger partial charge in [0.05, 0.1) is 0 Å². The molecule has 2 atom stereocenters. The number of rotatable bonds is 0. The van der Waals surface area contributed by atoms with Crippen LogP contribution in [0.3, 0.4) is 0 Å². The van der Waals surface area contributed by atoms with Gasteiger partial charge in [-0.1, -0.05) is 36.3 Å². The number of hydrogen-bond acceptors (Lipinski definition) is 0. The summed E-state index contributed by atoms with van der Waals surface area (Å²) in [6, 6.07) is 0. The first-order chi connectivity index (χ1) is 12.2. The molecule has 3 aliphatic rings. The van der Waals surface area contributed by atoms with E-state index < -0.39 is 55.6 Å². The van der Waals surface area contributed by atoms with Gasteiger partial charge in [-0.15, -0.1) is 0 Å². The fourth-order valence-corrected chi connectivity index (χ4v) is 1.49. The molecule has 0 heteroatoms. The van der Waals surface area contributed by atoms with Gasteiger partial charge in [0.2, 0.25) is 0 Å². The molecule has 0 heterocycles. The lowest BCUT2D eigenvalue weighted by Gasteiger charge is -2.35. The maximum absolute atomic E-state index is 8.69. The molecule has 1 fully saturated rings. The Bertz CT molecular complexity index is 831. The third-order valence-corrected chi connectivity index (χ3v) is 2.15. The molecular weight excluding hydrogens is 168 g/mol. The van der Waals surface area contributed by atoms with Crippen LogP contribution in [0.5, 0.6) is 0 Å². The molecule has 0 spiro atoms. The van der Waals surface area contributed by atoms with Crippen molar-refractivity contribution in [2.75, 3.05) is 0 Å². The van der Waals surface area contributed by atoms with E-state index in [-0.39, 0.29) is 5.57 Å². The van der Waals surface area contributed by atoms with Crippen molar-refractivity contribution in [3.63, 3.8) is 0 Å². The molecule has 3 aliphatic carbocycles. The topological polar surface area (TPSA) is 0 Å². The van der Waals surface area contributed by atoms with Gasteiger partial charge in [-0.3, -0.25) is 0 Å². The Balaban J connectivity index is 2.53. The third kappa shape index (κ3) is 1.37. The predicted molar refractivity (Wildman–Crippen MR) is 60.0 cm³/mol. The second kappa shape index (κ2) is 3.42. The van der Waals surface area contributed by atoms with E-state index in [0.29, 0.717) is 0 Å². The van der Waals surface area contributed by atoms with E-state index in [9.17, 15) is 0 Å². The van der Waals surface area contributed by atoms with Crippen LogP contribution in [0.2, 0.25) is 0 Å². The summed E-state index contributed by atoms with van der Waals surface area (Å²) in [4.78, 5) is 0. The van der Waals surface area contributed by atoms with E-state index >= 15 is 0 Å². The van der Waals surface area contributed by atoms with Crippen molar-refractivity contribution in [3.8, 4) is 0 Å². The zero-order chi connectivity index (χ0) is 22.0. The Morgan fingerprint density at radius 1 is 1.36 bits per heavy atom. The van der Waals surface area contributed by atoms with Crippen LogP contribution in [0.4, 0.5) is 0 Å². The molecule has 0 nitrogen and oxygen atoms in total. The molecular formula is C14H18. The largest absolute Gasteiger partial charge is 0.0839 e. The van der Waals surface area contributed by atoms with Crippen LogP contribution in [0.1, 0.15) is 57.4 Å². The molecule has 0 N–H and O–H groups in total. The minimum atomic E-state index is -3.66. The molecule has 2 unspecified atom stereocenters.